The van der Waals surface area contributed by atoms with Gasteiger partial charge in [0, 0.05) is 18.5 Å². The highest BCUT2D eigenvalue weighted by molar-refractivity contribution is 7.14. The molecule has 0 fully saturated rings. The summed E-state index contributed by atoms with van der Waals surface area (Å²) < 4.78 is 10.1. The van der Waals surface area contributed by atoms with Gasteiger partial charge < -0.3 is 14.8 Å². The van der Waals surface area contributed by atoms with Gasteiger partial charge in [-0.1, -0.05) is 6.92 Å². The van der Waals surface area contributed by atoms with Crippen molar-refractivity contribution in [3.63, 3.8) is 0 Å². The van der Waals surface area contributed by atoms with Gasteiger partial charge in [-0.25, -0.2) is 4.79 Å². The van der Waals surface area contributed by atoms with E-state index in [1.54, 1.807) is 14.0 Å². The van der Waals surface area contributed by atoms with Crippen molar-refractivity contribution in [2.45, 2.75) is 39.2 Å². The fourth-order valence-electron chi connectivity index (χ4n) is 2.50. The average Bonchev–Trinajstić information content (AvgIpc) is 2.90. The quantitative estimate of drug-likeness (QED) is 0.643. The van der Waals surface area contributed by atoms with Gasteiger partial charge in [0.2, 0.25) is 0 Å². The van der Waals surface area contributed by atoms with E-state index in [0.717, 1.165) is 12.8 Å². The molecule has 1 amide bonds. The van der Waals surface area contributed by atoms with Crippen LogP contribution in [0.15, 0.2) is 6.07 Å². The number of hydrogen-bond acceptors (Lipinski definition) is 5. The van der Waals surface area contributed by atoms with Crippen molar-refractivity contribution < 1.29 is 19.1 Å². The Kier molecular flexibility index (Phi) is 5.97. The first-order chi connectivity index (χ1) is 10.5. The normalized spacial score (nSPS) is 18.4. The van der Waals surface area contributed by atoms with Crippen LogP contribution in [-0.4, -0.2) is 38.2 Å². The molecule has 1 N–H and O–H groups in total. The van der Waals surface area contributed by atoms with Crippen LogP contribution in [0, 0.1) is 5.92 Å². The molecule has 0 radical (unpaired) electrons. The molecule has 22 heavy (non-hydrogen) atoms. The lowest BCUT2D eigenvalue weighted by Crippen LogP contribution is -2.37. The van der Waals surface area contributed by atoms with Crippen molar-refractivity contribution in [1.29, 1.82) is 0 Å². The molecule has 0 aromatic carbocycles. The van der Waals surface area contributed by atoms with Gasteiger partial charge >= 0.3 is 5.97 Å². The maximum Gasteiger partial charge on any atom is 0.349 e. The number of aryl methyl sites for hydroxylation is 1. The van der Waals surface area contributed by atoms with Crippen LogP contribution < -0.4 is 5.32 Å². The molecule has 1 heterocycles. The second kappa shape index (κ2) is 7.74. The van der Waals surface area contributed by atoms with Crippen LogP contribution in [0.2, 0.25) is 0 Å². The Morgan fingerprint density at radius 1 is 1.50 bits per heavy atom. The van der Waals surface area contributed by atoms with E-state index in [0.29, 0.717) is 23.9 Å². The summed E-state index contributed by atoms with van der Waals surface area (Å²) in [7, 11) is 1.56. The topological polar surface area (TPSA) is 64.6 Å². The first-order valence-corrected chi connectivity index (χ1v) is 8.42. The summed E-state index contributed by atoms with van der Waals surface area (Å²) in [5, 5.41) is 2.66. The monoisotopic (exact) mass is 325 g/mol. The van der Waals surface area contributed by atoms with Gasteiger partial charge in [-0.3, -0.25) is 4.79 Å². The molecule has 2 rings (SSSR count). The summed E-state index contributed by atoms with van der Waals surface area (Å²) in [6.07, 6.45) is 2.41. The van der Waals surface area contributed by atoms with Gasteiger partial charge in [0.05, 0.1) is 6.61 Å². The number of carbonyl (C=O) groups is 2. The molecule has 0 saturated heterocycles. The van der Waals surface area contributed by atoms with E-state index in [-0.39, 0.29) is 5.91 Å². The third-order valence-corrected chi connectivity index (χ3v) is 5.01. The SMILES string of the molecule is COCCNC(=O)[C@H](C)OC(=O)c1cc2c(s1)CC[C@@H](C)C2. The molecule has 0 spiro atoms. The zero-order valence-corrected chi connectivity index (χ0v) is 14.1. The number of amides is 1. The Balaban J connectivity index is 1.90. The standard InChI is InChI=1S/C16H23NO4S/c1-10-4-5-13-12(8-10)9-14(22-13)16(19)21-11(2)15(18)17-6-7-20-3/h9-11H,4-8H2,1-3H3,(H,17,18)/t10-,11+/m1/s1. The molecule has 1 aromatic heterocycles. The zero-order chi connectivity index (χ0) is 16.1. The fourth-order valence-corrected chi connectivity index (χ4v) is 3.59. The Labute approximate surface area is 135 Å². The van der Waals surface area contributed by atoms with Crippen LogP contribution in [0.1, 0.15) is 40.4 Å². The summed E-state index contributed by atoms with van der Waals surface area (Å²) in [5.41, 5.74) is 1.26. The minimum atomic E-state index is -0.803. The predicted octanol–water partition coefficient (Wildman–Crippen LogP) is 2.18. The lowest BCUT2D eigenvalue weighted by atomic mass is 9.90. The van der Waals surface area contributed by atoms with Crippen molar-refractivity contribution in [2.75, 3.05) is 20.3 Å². The van der Waals surface area contributed by atoms with E-state index >= 15 is 0 Å². The third-order valence-electron chi connectivity index (χ3n) is 3.79. The van der Waals surface area contributed by atoms with Gasteiger partial charge in [-0.15, -0.1) is 11.3 Å². The number of rotatable bonds is 6. The summed E-state index contributed by atoms with van der Waals surface area (Å²) in [6.45, 7) is 4.64. The fraction of sp³-hybridized carbons (Fsp3) is 0.625. The van der Waals surface area contributed by atoms with Crippen LogP contribution in [-0.2, 0) is 27.1 Å². The van der Waals surface area contributed by atoms with Crippen LogP contribution >= 0.6 is 11.3 Å². The van der Waals surface area contributed by atoms with Gasteiger partial charge in [0.15, 0.2) is 6.10 Å². The van der Waals surface area contributed by atoms with Gasteiger partial charge in [0.25, 0.3) is 5.91 Å². The number of carbonyl (C=O) groups excluding carboxylic acids is 2. The summed E-state index contributed by atoms with van der Waals surface area (Å²) in [4.78, 5) is 25.8. The molecule has 122 valence electrons. The Morgan fingerprint density at radius 2 is 2.27 bits per heavy atom. The summed E-state index contributed by atoms with van der Waals surface area (Å²) >= 11 is 1.49. The van der Waals surface area contributed by atoms with Crippen molar-refractivity contribution in [2.24, 2.45) is 5.92 Å². The third kappa shape index (κ3) is 4.30. The molecule has 2 atom stereocenters. The van der Waals surface area contributed by atoms with E-state index in [9.17, 15) is 9.59 Å². The number of methoxy groups -OCH3 is 1. The summed E-state index contributed by atoms with van der Waals surface area (Å²) in [6, 6.07) is 1.92. The minimum absolute atomic E-state index is 0.305. The maximum atomic E-state index is 12.2. The van der Waals surface area contributed by atoms with Crippen molar-refractivity contribution >= 4 is 23.2 Å². The highest BCUT2D eigenvalue weighted by Crippen LogP contribution is 2.32. The van der Waals surface area contributed by atoms with E-state index in [4.69, 9.17) is 9.47 Å². The molecular formula is C16H23NO4S. The first kappa shape index (κ1) is 17.0. The highest BCUT2D eigenvalue weighted by Gasteiger charge is 2.24. The van der Waals surface area contributed by atoms with Crippen molar-refractivity contribution in [1.82, 2.24) is 5.32 Å². The predicted molar refractivity (Wildman–Crippen MR) is 85.3 cm³/mol. The maximum absolute atomic E-state index is 12.2. The number of esters is 1. The second-order valence-electron chi connectivity index (χ2n) is 5.74. The van der Waals surface area contributed by atoms with E-state index in [1.165, 1.54) is 28.2 Å². The van der Waals surface area contributed by atoms with E-state index < -0.39 is 12.1 Å². The second-order valence-corrected chi connectivity index (χ2v) is 6.88. The molecule has 0 aliphatic heterocycles. The van der Waals surface area contributed by atoms with Crippen LogP contribution in [0.3, 0.4) is 0 Å². The lowest BCUT2D eigenvalue weighted by molar-refractivity contribution is -0.129. The molecule has 1 aliphatic carbocycles. The van der Waals surface area contributed by atoms with E-state index in [1.807, 2.05) is 6.07 Å². The van der Waals surface area contributed by atoms with E-state index in [2.05, 4.69) is 12.2 Å². The summed E-state index contributed by atoms with van der Waals surface area (Å²) in [5.74, 6) is -0.0572. The van der Waals surface area contributed by atoms with Crippen LogP contribution in [0.25, 0.3) is 0 Å². The Bertz CT molecular complexity index is 540. The Hall–Kier alpha value is -1.40. The van der Waals surface area contributed by atoms with Crippen molar-refractivity contribution in [3.05, 3.63) is 21.4 Å². The molecule has 5 nitrogen and oxygen atoms in total. The van der Waals surface area contributed by atoms with Crippen molar-refractivity contribution in [3.8, 4) is 0 Å². The number of nitrogens with one attached hydrogen (secondary N) is 1. The minimum Gasteiger partial charge on any atom is -0.448 e. The van der Waals surface area contributed by atoms with Gasteiger partial charge in [-0.05, 0) is 43.7 Å². The molecule has 1 aliphatic rings. The molecule has 1 aromatic rings. The number of ether oxygens (including phenoxy) is 2. The smallest absolute Gasteiger partial charge is 0.349 e. The number of hydrogen-bond donors (Lipinski definition) is 1. The van der Waals surface area contributed by atoms with Gasteiger partial charge in [-0.2, -0.15) is 0 Å². The van der Waals surface area contributed by atoms with Crippen LogP contribution in [0.5, 0.6) is 0 Å². The zero-order valence-electron chi connectivity index (χ0n) is 13.3. The molecular weight excluding hydrogens is 302 g/mol. The lowest BCUT2D eigenvalue weighted by Gasteiger charge is -2.16. The number of thiophene rings is 1. The molecule has 6 heteroatoms. The molecule has 0 unspecified atom stereocenters. The first-order valence-electron chi connectivity index (χ1n) is 7.60. The van der Waals surface area contributed by atoms with Gasteiger partial charge in [0.1, 0.15) is 4.88 Å². The molecule has 0 bridgehead atoms. The Morgan fingerprint density at radius 3 is 3.00 bits per heavy atom. The average molecular weight is 325 g/mol. The number of fused-ring (bicyclic) bond motifs is 1. The van der Waals surface area contributed by atoms with Crippen LogP contribution in [0.4, 0.5) is 0 Å². The molecule has 0 saturated carbocycles. The highest BCUT2D eigenvalue weighted by atomic mass is 32.1. The largest absolute Gasteiger partial charge is 0.448 e.